The average Bonchev–Trinajstić information content (AvgIpc) is 2.60. The Balaban J connectivity index is 1.87. The number of hydrogen-bond acceptors (Lipinski definition) is 5. The second-order valence-corrected chi connectivity index (χ2v) is 8.48. The fraction of sp³-hybridized carbons (Fsp3) is 0.300. The van der Waals surface area contributed by atoms with E-state index in [0.29, 0.717) is 5.69 Å². The minimum Gasteiger partial charge on any atom is -0.453 e. The van der Waals surface area contributed by atoms with Gasteiger partial charge >= 0.3 is 5.97 Å². The third-order valence-corrected chi connectivity index (χ3v) is 5.65. The van der Waals surface area contributed by atoms with Crippen LogP contribution in [0.5, 0.6) is 0 Å². The molecule has 0 heterocycles. The van der Waals surface area contributed by atoms with E-state index in [2.05, 4.69) is 5.32 Å². The summed E-state index contributed by atoms with van der Waals surface area (Å²) in [6.45, 7) is 5.20. The van der Waals surface area contributed by atoms with Crippen LogP contribution in [0.1, 0.15) is 24.5 Å². The van der Waals surface area contributed by atoms with Gasteiger partial charge in [0.15, 0.2) is 15.9 Å². The first-order valence-electron chi connectivity index (χ1n) is 8.54. The van der Waals surface area contributed by atoms with Gasteiger partial charge in [-0.2, -0.15) is 0 Å². The molecule has 0 radical (unpaired) electrons. The zero-order chi connectivity index (χ0) is 20.0. The van der Waals surface area contributed by atoms with Crippen LogP contribution in [0.4, 0.5) is 5.69 Å². The lowest BCUT2D eigenvalue weighted by Gasteiger charge is -2.14. The Morgan fingerprint density at radius 2 is 1.70 bits per heavy atom. The van der Waals surface area contributed by atoms with E-state index < -0.39 is 27.8 Å². The van der Waals surface area contributed by atoms with Gasteiger partial charge < -0.3 is 10.1 Å². The molecule has 2 aromatic carbocycles. The minimum absolute atomic E-state index is 0.158. The Hall–Kier alpha value is -2.67. The van der Waals surface area contributed by atoms with Crippen LogP contribution in [0.25, 0.3) is 0 Å². The van der Waals surface area contributed by atoms with Gasteiger partial charge in [-0.25, -0.2) is 8.42 Å². The van der Waals surface area contributed by atoms with Crippen molar-refractivity contribution in [3.63, 3.8) is 0 Å². The van der Waals surface area contributed by atoms with Gasteiger partial charge in [-0.05, 0) is 50.6 Å². The number of carbonyl (C=O) groups excluding carboxylic acids is 2. The van der Waals surface area contributed by atoms with Crippen LogP contribution >= 0.6 is 0 Å². The van der Waals surface area contributed by atoms with Gasteiger partial charge in [0.1, 0.15) is 0 Å². The van der Waals surface area contributed by atoms with E-state index >= 15 is 0 Å². The van der Waals surface area contributed by atoms with Crippen LogP contribution in [0.2, 0.25) is 0 Å². The average molecular weight is 389 g/mol. The topological polar surface area (TPSA) is 89.5 Å². The van der Waals surface area contributed by atoms with Crippen LogP contribution in [0.3, 0.4) is 0 Å². The summed E-state index contributed by atoms with van der Waals surface area (Å²) in [5, 5.41) is 2.66. The van der Waals surface area contributed by atoms with Crippen LogP contribution in [-0.2, 0) is 24.2 Å². The Labute approximate surface area is 159 Å². The SMILES string of the molecule is Cc1ccc(S(=O)(=O)CCC(=O)OC(C)C(=O)Nc2cccc(C)c2)cc1. The summed E-state index contributed by atoms with van der Waals surface area (Å²) in [6, 6.07) is 13.6. The second-order valence-electron chi connectivity index (χ2n) is 6.37. The molecule has 1 atom stereocenters. The quantitative estimate of drug-likeness (QED) is 0.735. The number of sulfone groups is 1. The zero-order valence-electron chi connectivity index (χ0n) is 15.6. The maximum absolute atomic E-state index is 12.3. The van der Waals surface area contributed by atoms with Crippen molar-refractivity contribution in [1.82, 2.24) is 0 Å². The number of benzene rings is 2. The summed E-state index contributed by atoms with van der Waals surface area (Å²) in [5.74, 6) is -1.59. The highest BCUT2D eigenvalue weighted by molar-refractivity contribution is 7.91. The summed E-state index contributed by atoms with van der Waals surface area (Å²) in [5.41, 5.74) is 2.53. The molecule has 0 aromatic heterocycles. The third-order valence-electron chi connectivity index (χ3n) is 3.92. The summed E-state index contributed by atoms with van der Waals surface area (Å²) in [4.78, 5) is 24.2. The van der Waals surface area contributed by atoms with Gasteiger partial charge in [0.05, 0.1) is 17.1 Å². The van der Waals surface area contributed by atoms with Crippen molar-refractivity contribution in [2.75, 3.05) is 11.1 Å². The van der Waals surface area contributed by atoms with E-state index in [9.17, 15) is 18.0 Å². The Morgan fingerprint density at radius 3 is 2.33 bits per heavy atom. The molecule has 2 rings (SSSR count). The van der Waals surface area contributed by atoms with Gasteiger partial charge in [-0.1, -0.05) is 29.8 Å². The molecule has 2 aromatic rings. The van der Waals surface area contributed by atoms with Crippen LogP contribution in [0, 0.1) is 13.8 Å². The summed E-state index contributed by atoms with van der Waals surface area (Å²) < 4.78 is 29.6. The number of ether oxygens (including phenoxy) is 1. The highest BCUT2D eigenvalue weighted by atomic mass is 32.2. The molecule has 0 aliphatic rings. The van der Waals surface area contributed by atoms with Gasteiger partial charge in [0.25, 0.3) is 5.91 Å². The number of aryl methyl sites for hydroxylation is 2. The molecule has 1 unspecified atom stereocenters. The summed E-state index contributed by atoms with van der Waals surface area (Å²) >= 11 is 0. The van der Waals surface area contributed by atoms with E-state index in [1.807, 2.05) is 19.9 Å². The number of rotatable bonds is 7. The van der Waals surface area contributed by atoms with Gasteiger partial charge in [-0.15, -0.1) is 0 Å². The first-order valence-corrected chi connectivity index (χ1v) is 10.2. The van der Waals surface area contributed by atoms with Crippen molar-refractivity contribution in [2.45, 2.75) is 38.2 Å². The molecule has 0 fully saturated rings. The van der Waals surface area contributed by atoms with Gasteiger partial charge in [0, 0.05) is 5.69 Å². The highest BCUT2D eigenvalue weighted by Gasteiger charge is 2.21. The monoisotopic (exact) mass is 389 g/mol. The van der Waals surface area contributed by atoms with Crippen LogP contribution in [-0.4, -0.2) is 32.2 Å². The molecule has 144 valence electrons. The van der Waals surface area contributed by atoms with Crippen LogP contribution in [0.15, 0.2) is 53.4 Å². The Kier molecular flexibility index (Phi) is 6.74. The number of anilines is 1. The third kappa shape index (κ3) is 6.21. The van der Waals surface area contributed by atoms with Crippen molar-refractivity contribution in [2.24, 2.45) is 0 Å². The molecule has 0 aliphatic heterocycles. The fourth-order valence-corrected chi connectivity index (χ4v) is 3.58. The van der Waals surface area contributed by atoms with Crippen molar-refractivity contribution in [3.8, 4) is 0 Å². The Morgan fingerprint density at radius 1 is 1.04 bits per heavy atom. The lowest BCUT2D eigenvalue weighted by Crippen LogP contribution is -2.30. The van der Waals surface area contributed by atoms with Crippen molar-refractivity contribution in [1.29, 1.82) is 0 Å². The fourth-order valence-electron chi connectivity index (χ4n) is 2.36. The molecular formula is C20H23NO5S. The molecule has 7 heteroatoms. The first-order chi connectivity index (χ1) is 12.7. The Bertz CT molecular complexity index is 920. The summed E-state index contributed by atoms with van der Waals surface area (Å²) in [7, 11) is -3.58. The predicted octanol–water partition coefficient (Wildman–Crippen LogP) is 3.04. The van der Waals surface area contributed by atoms with Crippen LogP contribution < -0.4 is 5.32 Å². The lowest BCUT2D eigenvalue weighted by atomic mass is 10.2. The molecule has 1 amide bonds. The van der Waals surface area contributed by atoms with Gasteiger partial charge in [0.2, 0.25) is 0 Å². The zero-order valence-corrected chi connectivity index (χ0v) is 16.4. The van der Waals surface area contributed by atoms with Gasteiger partial charge in [-0.3, -0.25) is 9.59 Å². The first kappa shape index (κ1) is 20.6. The second kappa shape index (κ2) is 8.81. The van der Waals surface area contributed by atoms with E-state index in [0.717, 1.165) is 11.1 Å². The molecule has 0 saturated heterocycles. The van der Waals surface area contributed by atoms with E-state index in [4.69, 9.17) is 4.74 Å². The lowest BCUT2D eigenvalue weighted by molar-refractivity contribution is -0.152. The molecule has 1 N–H and O–H groups in total. The predicted molar refractivity (Wildman–Crippen MR) is 103 cm³/mol. The molecule has 6 nitrogen and oxygen atoms in total. The molecule has 0 saturated carbocycles. The van der Waals surface area contributed by atoms with Crippen molar-refractivity contribution < 1.29 is 22.7 Å². The largest absolute Gasteiger partial charge is 0.453 e. The molecule has 0 spiro atoms. The molecule has 0 bridgehead atoms. The van der Waals surface area contributed by atoms with Crippen molar-refractivity contribution >= 4 is 27.4 Å². The summed E-state index contributed by atoms with van der Waals surface area (Å²) in [6.07, 6.45) is -1.35. The van der Waals surface area contributed by atoms with E-state index in [1.165, 1.54) is 19.1 Å². The number of carbonyl (C=O) groups is 2. The van der Waals surface area contributed by atoms with E-state index in [1.54, 1.807) is 30.3 Å². The molecular weight excluding hydrogens is 366 g/mol. The normalized spacial score (nSPS) is 12.3. The number of amides is 1. The van der Waals surface area contributed by atoms with E-state index in [-0.39, 0.29) is 17.1 Å². The maximum Gasteiger partial charge on any atom is 0.307 e. The molecule has 0 aliphatic carbocycles. The standard InChI is InChI=1S/C20H23NO5S/c1-14-7-9-18(10-8-14)27(24,25)12-11-19(22)26-16(3)20(23)21-17-6-4-5-15(2)13-17/h4-10,13,16H,11-12H2,1-3H3,(H,21,23). The minimum atomic E-state index is -3.58. The van der Waals surface area contributed by atoms with Crippen molar-refractivity contribution in [3.05, 3.63) is 59.7 Å². The highest BCUT2D eigenvalue weighted by Crippen LogP contribution is 2.14. The number of nitrogens with one attached hydrogen (secondary N) is 1. The smallest absolute Gasteiger partial charge is 0.307 e. The number of hydrogen-bond donors (Lipinski definition) is 1. The molecule has 27 heavy (non-hydrogen) atoms. The number of esters is 1. The maximum atomic E-state index is 12.3.